The first-order valence-electron chi connectivity index (χ1n) is 15.9. The summed E-state index contributed by atoms with van der Waals surface area (Å²) in [7, 11) is -4.53. The van der Waals surface area contributed by atoms with E-state index >= 15 is 0 Å². The largest absolute Gasteiger partial charge is 0.416 e. The number of alkyl halides is 3. The molecule has 0 spiro atoms. The summed E-state index contributed by atoms with van der Waals surface area (Å²) in [5, 5.41) is 3.11. The lowest BCUT2D eigenvalue weighted by molar-refractivity contribution is -0.140. The number of sulfonamides is 1. The Hall–Kier alpha value is -4.64. The van der Waals surface area contributed by atoms with E-state index < -0.39 is 40.3 Å². The third kappa shape index (κ3) is 8.63. The van der Waals surface area contributed by atoms with E-state index in [1.54, 1.807) is 6.07 Å². The molecule has 1 atom stereocenters. The van der Waals surface area contributed by atoms with Gasteiger partial charge in [0.25, 0.3) is 10.0 Å². The SMILES string of the molecule is Cc1cccc(CN(C(=O)CN(c2cccc(C(F)(F)F)c2)S(=O)(=O)c2ccccc2)[C@@H](Cc2ccccc2)C(=O)NC2CCCC2)c1. The molecular weight excluding hydrogens is 639 g/mol. The molecule has 5 rings (SSSR count). The van der Waals surface area contributed by atoms with Crippen molar-refractivity contribution in [2.45, 2.75) is 68.7 Å². The molecule has 0 unspecified atom stereocenters. The van der Waals surface area contributed by atoms with Crippen molar-refractivity contribution in [3.63, 3.8) is 0 Å². The summed E-state index contributed by atoms with van der Waals surface area (Å²) in [6, 6.07) is 26.6. The molecule has 0 aliphatic heterocycles. The summed E-state index contributed by atoms with van der Waals surface area (Å²) in [5.41, 5.74) is 1.04. The second kappa shape index (κ2) is 15.1. The number of aryl methyl sites for hydroxylation is 1. The molecule has 0 bridgehead atoms. The van der Waals surface area contributed by atoms with Crippen LogP contribution in [0.15, 0.2) is 114 Å². The normalized spacial score (nSPS) is 14.3. The Bertz CT molecular complexity index is 1810. The lowest BCUT2D eigenvalue weighted by atomic mass is 10.0. The molecule has 4 aromatic rings. The minimum absolute atomic E-state index is 0.0298. The Morgan fingerprint density at radius 3 is 2.10 bits per heavy atom. The molecule has 0 aromatic heterocycles. The average Bonchev–Trinajstić information content (AvgIpc) is 3.58. The molecule has 2 amide bonds. The molecular formula is C37H38F3N3O4S. The number of hydrogen-bond donors (Lipinski definition) is 1. The Morgan fingerprint density at radius 2 is 1.46 bits per heavy atom. The maximum atomic E-state index is 14.6. The van der Waals surface area contributed by atoms with Crippen molar-refractivity contribution in [2.24, 2.45) is 0 Å². The molecule has 252 valence electrons. The summed E-state index contributed by atoms with van der Waals surface area (Å²) in [6.45, 7) is 1.02. The van der Waals surface area contributed by atoms with Crippen LogP contribution in [0.5, 0.6) is 0 Å². The molecule has 0 saturated heterocycles. The third-order valence-corrected chi connectivity index (χ3v) is 10.3. The van der Waals surface area contributed by atoms with E-state index in [9.17, 15) is 31.2 Å². The van der Waals surface area contributed by atoms with Crippen LogP contribution in [0.2, 0.25) is 0 Å². The standard InChI is InChI=1S/C37H38F3N3O4S/c1-27-12-10-15-29(22-27)25-42(34(23-28-13-4-2-5-14-28)36(45)41-31-17-8-9-18-31)35(44)26-43(48(46,47)33-20-6-3-7-21-33)32-19-11-16-30(24-32)37(38,39)40/h2-7,10-16,19-22,24,31,34H,8-9,17-18,23,25-26H2,1H3,(H,41,45)/t34-/m0/s1. The number of rotatable bonds is 12. The van der Waals surface area contributed by atoms with Gasteiger partial charge in [-0.3, -0.25) is 13.9 Å². The summed E-state index contributed by atoms with van der Waals surface area (Å²) in [5.74, 6) is -1.11. The molecule has 1 fully saturated rings. The van der Waals surface area contributed by atoms with Gasteiger partial charge in [0.15, 0.2) is 0 Å². The van der Waals surface area contributed by atoms with Crippen molar-refractivity contribution in [3.8, 4) is 0 Å². The van der Waals surface area contributed by atoms with Crippen molar-refractivity contribution in [1.82, 2.24) is 10.2 Å². The van der Waals surface area contributed by atoms with Crippen LogP contribution in [0.3, 0.4) is 0 Å². The molecule has 7 nitrogen and oxygen atoms in total. The highest BCUT2D eigenvalue weighted by Crippen LogP contribution is 2.33. The lowest BCUT2D eigenvalue weighted by Gasteiger charge is -2.34. The first kappa shape index (κ1) is 34.7. The van der Waals surface area contributed by atoms with Crippen LogP contribution in [0.1, 0.15) is 47.9 Å². The number of carbonyl (C=O) groups excluding carboxylic acids is 2. The topological polar surface area (TPSA) is 86.8 Å². The number of hydrogen-bond acceptors (Lipinski definition) is 4. The summed E-state index contributed by atoms with van der Waals surface area (Å²) in [6.07, 6.45) is -1.03. The Morgan fingerprint density at radius 1 is 0.833 bits per heavy atom. The highest BCUT2D eigenvalue weighted by atomic mass is 32.2. The number of nitrogens with one attached hydrogen (secondary N) is 1. The smallest absolute Gasteiger partial charge is 0.352 e. The Labute approximate surface area is 279 Å². The zero-order chi connectivity index (χ0) is 34.3. The molecule has 11 heteroatoms. The summed E-state index contributed by atoms with van der Waals surface area (Å²) >= 11 is 0. The van der Waals surface area contributed by atoms with Crippen LogP contribution in [-0.4, -0.2) is 43.8 Å². The molecule has 0 radical (unpaired) electrons. The van der Waals surface area contributed by atoms with E-state index in [0.717, 1.165) is 48.9 Å². The van der Waals surface area contributed by atoms with Gasteiger partial charge in [0, 0.05) is 19.0 Å². The van der Waals surface area contributed by atoms with Crippen molar-refractivity contribution in [2.75, 3.05) is 10.8 Å². The van der Waals surface area contributed by atoms with E-state index in [4.69, 9.17) is 0 Å². The number of halogens is 3. The molecule has 1 N–H and O–H groups in total. The highest BCUT2D eigenvalue weighted by molar-refractivity contribution is 7.92. The highest BCUT2D eigenvalue weighted by Gasteiger charge is 2.37. The van der Waals surface area contributed by atoms with E-state index in [-0.39, 0.29) is 35.5 Å². The lowest BCUT2D eigenvalue weighted by Crippen LogP contribution is -2.54. The second-order valence-corrected chi connectivity index (χ2v) is 13.9. The van der Waals surface area contributed by atoms with Gasteiger partial charge in [-0.05, 0) is 61.2 Å². The third-order valence-electron chi connectivity index (χ3n) is 8.48. The fourth-order valence-electron chi connectivity index (χ4n) is 6.01. The van der Waals surface area contributed by atoms with Gasteiger partial charge >= 0.3 is 6.18 Å². The van der Waals surface area contributed by atoms with Crippen LogP contribution in [0, 0.1) is 6.92 Å². The monoisotopic (exact) mass is 677 g/mol. The first-order valence-corrected chi connectivity index (χ1v) is 17.3. The predicted molar refractivity (Wildman–Crippen MR) is 178 cm³/mol. The Kier molecular flexibility index (Phi) is 10.9. The van der Waals surface area contributed by atoms with Crippen LogP contribution in [0.4, 0.5) is 18.9 Å². The number of benzene rings is 4. The fourth-order valence-corrected chi connectivity index (χ4v) is 7.44. The Balaban J connectivity index is 1.59. The van der Waals surface area contributed by atoms with E-state index in [0.29, 0.717) is 15.9 Å². The molecule has 1 aliphatic carbocycles. The molecule has 4 aromatic carbocycles. The number of carbonyl (C=O) groups is 2. The zero-order valence-corrected chi connectivity index (χ0v) is 27.4. The van der Waals surface area contributed by atoms with Crippen LogP contribution >= 0.6 is 0 Å². The summed E-state index contributed by atoms with van der Waals surface area (Å²) in [4.78, 5) is 29.8. The quantitative estimate of drug-likeness (QED) is 0.177. The number of anilines is 1. The second-order valence-electron chi connectivity index (χ2n) is 12.1. The van der Waals surface area contributed by atoms with Crippen molar-refractivity contribution in [1.29, 1.82) is 0 Å². The van der Waals surface area contributed by atoms with Gasteiger partial charge in [-0.1, -0.05) is 97.3 Å². The molecule has 48 heavy (non-hydrogen) atoms. The number of nitrogens with zero attached hydrogens (tertiary/aromatic N) is 2. The average molecular weight is 678 g/mol. The van der Waals surface area contributed by atoms with E-state index in [1.807, 2.05) is 61.5 Å². The molecule has 1 aliphatic rings. The maximum Gasteiger partial charge on any atom is 0.416 e. The fraction of sp³-hybridized carbons (Fsp3) is 0.297. The van der Waals surface area contributed by atoms with Crippen molar-refractivity contribution < 1.29 is 31.2 Å². The van der Waals surface area contributed by atoms with Gasteiger partial charge in [-0.2, -0.15) is 13.2 Å². The predicted octanol–water partition coefficient (Wildman–Crippen LogP) is 6.91. The molecule has 1 saturated carbocycles. The van der Waals surface area contributed by atoms with Crippen molar-refractivity contribution in [3.05, 3.63) is 131 Å². The minimum Gasteiger partial charge on any atom is -0.352 e. The van der Waals surface area contributed by atoms with Gasteiger partial charge in [-0.15, -0.1) is 0 Å². The summed E-state index contributed by atoms with van der Waals surface area (Å²) < 4.78 is 70.2. The van der Waals surface area contributed by atoms with Gasteiger partial charge in [0.1, 0.15) is 12.6 Å². The van der Waals surface area contributed by atoms with Gasteiger partial charge in [0.05, 0.1) is 16.1 Å². The van der Waals surface area contributed by atoms with Crippen molar-refractivity contribution >= 4 is 27.5 Å². The van der Waals surface area contributed by atoms with Gasteiger partial charge < -0.3 is 10.2 Å². The van der Waals surface area contributed by atoms with E-state index in [1.165, 1.54) is 35.2 Å². The minimum atomic E-state index is -4.75. The number of amides is 2. The van der Waals surface area contributed by atoms with Crippen LogP contribution in [-0.2, 0) is 38.8 Å². The van der Waals surface area contributed by atoms with E-state index in [2.05, 4.69) is 5.32 Å². The first-order chi connectivity index (χ1) is 22.9. The van der Waals surface area contributed by atoms with Gasteiger partial charge in [-0.25, -0.2) is 8.42 Å². The zero-order valence-electron chi connectivity index (χ0n) is 26.6. The van der Waals surface area contributed by atoms with Crippen LogP contribution in [0.25, 0.3) is 0 Å². The van der Waals surface area contributed by atoms with Crippen LogP contribution < -0.4 is 9.62 Å². The molecule has 0 heterocycles. The maximum absolute atomic E-state index is 14.6. The van der Waals surface area contributed by atoms with Gasteiger partial charge in [0.2, 0.25) is 11.8 Å².